The lowest BCUT2D eigenvalue weighted by Crippen LogP contribution is -2.21. The molecule has 3 nitrogen and oxygen atoms in total. The minimum Gasteiger partial charge on any atom is -0.481 e. The van der Waals surface area contributed by atoms with E-state index >= 15 is 0 Å². The molecular formula is C11H13F2NO2. The van der Waals surface area contributed by atoms with Gasteiger partial charge in [0.1, 0.15) is 0 Å². The Bertz CT molecular complexity index is 356. The number of benzene rings is 1. The first-order chi connectivity index (χ1) is 7.59. The number of hydrogen-bond acceptors (Lipinski definition) is 2. The third-order valence-electron chi connectivity index (χ3n) is 2.07. The van der Waals surface area contributed by atoms with Crippen LogP contribution in [0.25, 0.3) is 0 Å². The van der Waals surface area contributed by atoms with Crippen molar-refractivity contribution in [2.75, 3.05) is 6.54 Å². The molecule has 0 fully saturated rings. The zero-order valence-corrected chi connectivity index (χ0v) is 8.62. The maximum Gasteiger partial charge on any atom is 0.307 e. The van der Waals surface area contributed by atoms with Gasteiger partial charge < -0.3 is 10.4 Å². The molecule has 0 aliphatic heterocycles. The predicted molar refractivity (Wildman–Crippen MR) is 55.5 cm³/mol. The van der Waals surface area contributed by atoms with Crippen molar-refractivity contribution in [3.8, 4) is 0 Å². The number of carboxylic acids is 1. The molecule has 88 valence electrons. The smallest absolute Gasteiger partial charge is 0.307 e. The molecular weight excluding hydrogens is 216 g/mol. The first kappa shape index (κ1) is 12.6. The van der Waals surface area contributed by atoms with E-state index in [9.17, 15) is 13.6 Å². The molecule has 0 spiro atoms. The van der Waals surface area contributed by atoms with Gasteiger partial charge in [-0.2, -0.15) is 0 Å². The van der Waals surface area contributed by atoms with Gasteiger partial charge in [0.15, 0.2) is 0 Å². The summed E-state index contributed by atoms with van der Waals surface area (Å²) < 4.78 is 23.8. The van der Waals surface area contributed by atoms with Gasteiger partial charge >= 0.3 is 5.97 Å². The molecule has 0 saturated heterocycles. The Balaban J connectivity index is 2.60. The minimum absolute atomic E-state index is 0.0907. The predicted octanol–water partition coefficient (Wildman–Crippen LogP) is 1.67. The van der Waals surface area contributed by atoms with Crippen molar-refractivity contribution in [3.05, 3.63) is 35.4 Å². The maximum absolute atomic E-state index is 11.9. The van der Waals surface area contributed by atoms with E-state index in [-0.39, 0.29) is 19.5 Å². The number of alkyl halides is 2. The summed E-state index contributed by atoms with van der Waals surface area (Å²) in [6, 6.07) is 6.91. The molecule has 0 aromatic heterocycles. The molecule has 2 N–H and O–H groups in total. The second-order valence-corrected chi connectivity index (χ2v) is 3.36. The van der Waals surface area contributed by atoms with Gasteiger partial charge in [-0.15, -0.1) is 0 Å². The number of rotatable bonds is 6. The van der Waals surface area contributed by atoms with E-state index in [1.807, 2.05) is 0 Å². The van der Waals surface area contributed by atoms with E-state index in [0.717, 1.165) is 5.56 Å². The first-order valence-corrected chi connectivity index (χ1v) is 4.87. The fraction of sp³-hybridized carbons (Fsp3) is 0.364. The number of nitrogens with one attached hydrogen (secondary N) is 1. The summed E-state index contributed by atoms with van der Waals surface area (Å²) in [6.07, 6.45) is -2.49. The highest BCUT2D eigenvalue weighted by Crippen LogP contribution is 2.09. The fourth-order valence-corrected chi connectivity index (χ4v) is 1.38. The van der Waals surface area contributed by atoms with Gasteiger partial charge in [0.25, 0.3) is 6.43 Å². The Kier molecular flexibility index (Phi) is 4.85. The molecule has 1 aromatic carbocycles. The van der Waals surface area contributed by atoms with E-state index in [4.69, 9.17) is 5.11 Å². The SMILES string of the molecule is O=C(O)Cc1ccccc1CNCC(F)F. The molecule has 16 heavy (non-hydrogen) atoms. The van der Waals surface area contributed by atoms with Crippen molar-refractivity contribution < 1.29 is 18.7 Å². The number of hydrogen-bond donors (Lipinski definition) is 2. The molecule has 0 amide bonds. The Hall–Kier alpha value is -1.49. The van der Waals surface area contributed by atoms with Crippen LogP contribution in [0, 0.1) is 0 Å². The molecule has 0 unspecified atom stereocenters. The van der Waals surface area contributed by atoms with Gasteiger partial charge in [-0.25, -0.2) is 8.78 Å². The molecule has 0 radical (unpaired) electrons. The van der Waals surface area contributed by atoms with E-state index < -0.39 is 12.4 Å². The van der Waals surface area contributed by atoms with E-state index in [2.05, 4.69) is 5.32 Å². The minimum atomic E-state index is -2.40. The highest BCUT2D eigenvalue weighted by atomic mass is 19.3. The quantitative estimate of drug-likeness (QED) is 0.780. The number of aliphatic carboxylic acids is 1. The second kappa shape index (κ2) is 6.17. The van der Waals surface area contributed by atoms with Crippen LogP contribution in [-0.2, 0) is 17.8 Å². The van der Waals surface area contributed by atoms with Gasteiger partial charge in [0, 0.05) is 6.54 Å². The lowest BCUT2D eigenvalue weighted by molar-refractivity contribution is -0.136. The molecule has 5 heteroatoms. The zero-order chi connectivity index (χ0) is 12.0. The molecule has 1 aromatic rings. The number of halogens is 2. The lowest BCUT2D eigenvalue weighted by atomic mass is 10.0. The third-order valence-corrected chi connectivity index (χ3v) is 2.07. The molecule has 1 rings (SSSR count). The number of carboxylic acid groups (broad SMARTS) is 1. The summed E-state index contributed by atoms with van der Waals surface area (Å²) in [5.41, 5.74) is 1.39. The summed E-state index contributed by atoms with van der Waals surface area (Å²) in [5.74, 6) is -0.929. The largest absolute Gasteiger partial charge is 0.481 e. The van der Waals surface area contributed by atoms with Crippen LogP contribution in [0.3, 0.4) is 0 Å². The van der Waals surface area contributed by atoms with Crippen molar-refractivity contribution in [2.45, 2.75) is 19.4 Å². The second-order valence-electron chi connectivity index (χ2n) is 3.36. The molecule has 0 aliphatic rings. The molecule has 0 heterocycles. The van der Waals surface area contributed by atoms with Crippen LogP contribution >= 0.6 is 0 Å². The molecule has 0 saturated carbocycles. The van der Waals surface area contributed by atoms with Crippen molar-refractivity contribution in [2.24, 2.45) is 0 Å². The van der Waals surface area contributed by atoms with Crippen molar-refractivity contribution >= 4 is 5.97 Å². The van der Waals surface area contributed by atoms with Crippen molar-refractivity contribution in [1.29, 1.82) is 0 Å². The zero-order valence-electron chi connectivity index (χ0n) is 8.62. The molecule has 0 aliphatic carbocycles. The monoisotopic (exact) mass is 229 g/mol. The first-order valence-electron chi connectivity index (χ1n) is 4.87. The third kappa shape index (κ3) is 4.35. The molecule has 0 atom stereocenters. The van der Waals surface area contributed by atoms with Crippen LogP contribution in [-0.4, -0.2) is 24.0 Å². The molecule has 0 bridgehead atoms. The van der Waals surface area contributed by atoms with E-state index in [0.29, 0.717) is 5.56 Å². The standard InChI is InChI=1S/C11H13F2NO2/c12-10(13)7-14-6-9-4-2-1-3-8(9)5-11(15)16/h1-4,10,14H,5-7H2,(H,15,16). The van der Waals surface area contributed by atoms with Gasteiger partial charge in [0.05, 0.1) is 13.0 Å². The Morgan fingerprint density at radius 1 is 1.31 bits per heavy atom. The van der Waals surface area contributed by atoms with Gasteiger partial charge in [0.2, 0.25) is 0 Å². The van der Waals surface area contributed by atoms with E-state index in [1.165, 1.54) is 0 Å². The Morgan fingerprint density at radius 2 is 1.94 bits per heavy atom. The van der Waals surface area contributed by atoms with Crippen molar-refractivity contribution in [3.63, 3.8) is 0 Å². The van der Waals surface area contributed by atoms with Gasteiger partial charge in [-0.3, -0.25) is 4.79 Å². The lowest BCUT2D eigenvalue weighted by Gasteiger charge is -2.08. The van der Waals surface area contributed by atoms with Crippen LogP contribution in [0.4, 0.5) is 8.78 Å². The van der Waals surface area contributed by atoms with Gasteiger partial charge in [-0.1, -0.05) is 24.3 Å². The van der Waals surface area contributed by atoms with Crippen LogP contribution in [0.2, 0.25) is 0 Å². The van der Waals surface area contributed by atoms with Crippen LogP contribution < -0.4 is 5.32 Å². The van der Waals surface area contributed by atoms with Gasteiger partial charge in [-0.05, 0) is 11.1 Å². The summed E-state index contributed by atoms with van der Waals surface area (Å²) in [6.45, 7) is -0.130. The maximum atomic E-state index is 11.9. The van der Waals surface area contributed by atoms with Crippen LogP contribution in [0.5, 0.6) is 0 Å². The summed E-state index contributed by atoms with van der Waals surface area (Å²) in [5, 5.41) is 11.2. The Labute approximate surface area is 92.1 Å². The highest BCUT2D eigenvalue weighted by molar-refractivity contribution is 5.70. The average molecular weight is 229 g/mol. The Morgan fingerprint density at radius 3 is 2.50 bits per heavy atom. The van der Waals surface area contributed by atoms with E-state index in [1.54, 1.807) is 24.3 Å². The van der Waals surface area contributed by atoms with Crippen LogP contribution in [0.1, 0.15) is 11.1 Å². The topological polar surface area (TPSA) is 49.3 Å². The summed E-state index contributed by atoms with van der Waals surface area (Å²) in [7, 11) is 0. The van der Waals surface area contributed by atoms with Crippen molar-refractivity contribution in [1.82, 2.24) is 5.32 Å². The van der Waals surface area contributed by atoms with Crippen LogP contribution in [0.15, 0.2) is 24.3 Å². The number of carbonyl (C=O) groups is 1. The summed E-state index contributed by atoms with van der Waals surface area (Å²) in [4.78, 5) is 10.6. The summed E-state index contributed by atoms with van der Waals surface area (Å²) >= 11 is 0. The highest BCUT2D eigenvalue weighted by Gasteiger charge is 2.07. The fourth-order valence-electron chi connectivity index (χ4n) is 1.38. The normalized spacial score (nSPS) is 10.7. The average Bonchev–Trinajstić information content (AvgIpc) is 2.19.